The summed E-state index contributed by atoms with van der Waals surface area (Å²) in [6.45, 7) is -1.69. The molecule has 1 unspecified atom stereocenters. The number of benzene rings is 2. The van der Waals surface area contributed by atoms with E-state index in [0.29, 0.717) is 12.3 Å². The van der Waals surface area contributed by atoms with Crippen LogP contribution in [0, 0.1) is 17.6 Å². The molecule has 1 aliphatic rings. The Morgan fingerprint density at radius 3 is 2.42 bits per heavy atom. The number of hydrogen-bond donors (Lipinski definition) is 3. The number of amides is 3. The first-order valence-corrected chi connectivity index (χ1v) is 15.0. The Morgan fingerprint density at radius 2 is 1.82 bits per heavy atom. The molecular weight excluding hydrogens is 632 g/mol. The standard InChI is InChI=1S/C27H26F4N4O9S/c1-12(42-27(32)38)22-21(23(36)33-20(24(37)35-45(2,39)40)16-7-6-15(28)10-17(16)29)34-25(44-22)14-5-8-18(43-26(30)31)19(9-14)41-11-13-3-4-13/h5-10,12-13,20,26H,3-4,11H2,1-2H3,(H2,32,38)(H,33,36)(H,35,37)/t12-,20?/m0/s1. The minimum Gasteiger partial charge on any atom is -0.489 e. The van der Waals surface area contributed by atoms with Gasteiger partial charge in [-0.3, -0.25) is 14.3 Å². The molecule has 0 radical (unpaired) electrons. The molecule has 1 aliphatic carbocycles. The average Bonchev–Trinajstić information content (AvgIpc) is 3.64. The number of hydrogen-bond acceptors (Lipinski definition) is 10. The number of nitrogens with two attached hydrogens (primary N) is 1. The zero-order valence-corrected chi connectivity index (χ0v) is 24.3. The zero-order valence-electron chi connectivity index (χ0n) is 23.5. The number of nitrogens with zero attached hydrogens (tertiary/aromatic N) is 1. The van der Waals surface area contributed by atoms with Crippen molar-refractivity contribution in [1.82, 2.24) is 15.0 Å². The number of ether oxygens (including phenoxy) is 3. The second kappa shape index (κ2) is 13.4. The van der Waals surface area contributed by atoms with Crippen molar-refractivity contribution in [1.29, 1.82) is 0 Å². The lowest BCUT2D eigenvalue weighted by Gasteiger charge is -2.19. The monoisotopic (exact) mass is 658 g/mol. The van der Waals surface area contributed by atoms with Crippen LogP contribution >= 0.6 is 0 Å². The van der Waals surface area contributed by atoms with Crippen LogP contribution in [0.15, 0.2) is 40.8 Å². The Morgan fingerprint density at radius 1 is 1.11 bits per heavy atom. The molecule has 3 amide bonds. The fraction of sp³-hybridized carbons (Fsp3) is 0.333. The molecule has 1 aromatic heterocycles. The van der Waals surface area contributed by atoms with Crippen molar-refractivity contribution in [2.75, 3.05) is 12.9 Å². The molecule has 1 saturated carbocycles. The summed E-state index contributed by atoms with van der Waals surface area (Å²) in [4.78, 5) is 41.9. The zero-order chi connectivity index (χ0) is 33.1. The van der Waals surface area contributed by atoms with Gasteiger partial charge in [0.05, 0.1) is 12.9 Å². The molecular formula is C27H26F4N4O9S. The van der Waals surface area contributed by atoms with E-state index in [4.69, 9.17) is 19.6 Å². The Balaban J connectivity index is 1.75. The van der Waals surface area contributed by atoms with E-state index in [1.807, 2.05) is 0 Å². The Kier molecular flexibility index (Phi) is 9.84. The molecule has 4 rings (SSSR count). The van der Waals surface area contributed by atoms with Crippen LogP contribution in [0.2, 0.25) is 0 Å². The fourth-order valence-electron chi connectivity index (χ4n) is 4.02. The fourth-order valence-corrected chi connectivity index (χ4v) is 4.51. The highest BCUT2D eigenvalue weighted by Crippen LogP contribution is 2.37. The van der Waals surface area contributed by atoms with Crippen LogP contribution in [0.25, 0.3) is 11.5 Å². The van der Waals surface area contributed by atoms with Crippen molar-refractivity contribution < 1.29 is 59.0 Å². The number of oxazole rings is 1. The van der Waals surface area contributed by atoms with Gasteiger partial charge in [0.1, 0.15) is 17.7 Å². The quantitative estimate of drug-likeness (QED) is 0.228. The van der Waals surface area contributed by atoms with Crippen LogP contribution in [-0.4, -0.2) is 50.8 Å². The number of rotatable bonds is 13. The molecule has 45 heavy (non-hydrogen) atoms. The summed E-state index contributed by atoms with van der Waals surface area (Å²) in [5.41, 5.74) is 3.96. The summed E-state index contributed by atoms with van der Waals surface area (Å²) < 4.78 is 100. The van der Waals surface area contributed by atoms with Crippen molar-refractivity contribution in [2.24, 2.45) is 11.7 Å². The SMILES string of the molecule is C[C@H](OC(N)=O)c1oc(-c2ccc(OC(F)F)c(OCC3CC3)c2)nc1C(=O)NC(C(=O)NS(C)(=O)=O)c1ccc(F)cc1F. The third kappa shape index (κ3) is 8.84. The van der Waals surface area contributed by atoms with Gasteiger partial charge >= 0.3 is 12.7 Å². The van der Waals surface area contributed by atoms with Crippen LogP contribution in [0.5, 0.6) is 11.5 Å². The molecule has 0 spiro atoms. The predicted octanol–water partition coefficient (Wildman–Crippen LogP) is 3.71. The summed E-state index contributed by atoms with van der Waals surface area (Å²) in [5, 5.41) is 2.13. The van der Waals surface area contributed by atoms with Gasteiger partial charge in [0.25, 0.3) is 11.8 Å². The Hall–Kier alpha value is -4.87. The van der Waals surface area contributed by atoms with E-state index >= 15 is 0 Å². The number of carbonyl (C=O) groups excluding carboxylic acids is 3. The van der Waals surface area contributed by atoms with Gasteiger partial charge in [0, 0.05) is 17.2 Å². The molecule has 3 aromatic rings. The van der Waals surface area contributed by atoms with E-state index in [1.54, 1.807) is 4.72 Å². The molecule has 0 saturated heterocycles. The maximum absolute atomic E-state index is 14.7. The van der Waals surface area contributed by atoms with Crippen LogP contribution in [-0.2, 0) is 19.6 Å². The van der Waals surface area contributed by atoms with Crippen molar-refractivity contribution in [3.05, 3.63) is 65.1 Å². The number of aromatic nitrogens is 1. The van der Waals surface area contributed by atoms with Gasteiger partial charge in [0.2, 0.25) is 15.9 Å². The first kappa shape index (κ1) is 33.0. The first-order chi connectivity index (χ1) is 21.1. The summed E-state index contributed by atoms with van der Waals surface area (Å²) in [6.07, 6.45) is -0.211. The van der Waals surface area contributed by atoms with Crippen molar-refractivity contribution >= 4 is 27.9 Å². The maximum Gasteiger partial charge on any atom is 0.405 e. The first-order valence-electron chi connectivity index (χ1n) is 13.1. The molecule has 2 aromatic carbocycles. The average molecular weight is 659 g/mol. The highest BCUT2D eigenvalue weighted by atomic mass is 32.2. The van der Waals surface area contributed by atoms with Gasteiger partial charge in [-0.1, -0.05) is 6.07 Å². The van der Waals surface area contributed by atoms with E-state index in [1.165, 1.54) is 19.1 Å². The van der Waals surface area contributed by atoms with Gasteiger partial charge in [-0.15, -0.1) is 0 Å². The highest BCUT2D eigenvalue weighted by molar-refractivity contribution is 7.89. The third-order valence-electron chi connectivity index (χ3n) is 6.21. The van der Waals surface area contributed by atoms with Crippen molar-refractivity contribution in [3.63, 3.8) is 0 Å². The van der Waals surface area contributed by atoms with E-state index in [9.17, 15) is 40.4 Å². The van der Waals surface area contributed by atoms with E-state index in [0.717, 1.165) is 31.0 Å². The second-order valence-electron chi connectivity index (χ2n) is 9.92. The van der Waals surface area contributed by atoms with Gasteiger partial charge in [-0.25, -0.2) is 27.0 Å². The molecule has 18 heteroatoms. The molecule has 0 aliphatic heterocycles. The molecule has 242 valence electrons. The summed E-state index contributed by atoms with van der Waals surface area (Å²) >= 11 is 0. The van der Waals surface area contributed by atoms with Crippen LogP contribution in [0.3, 0.4) is 0 Å². The minimum absolute atomic E-state index is 0.0869. The number of carbonyl (C=O) groups is 3. The number of nitrogens with one attached hydrogen (secondary N) is 2. The Bertz CT molecular complexity index is 1710. The molecule has 1 heterocycles. The van der Waals surface area contributed by atoms with Gasteiger partial charge in [-0.05, 0) is 49.9 Å². The number of primary amides is 1. The summed E-state index contributed by atoms with van der Waals surface area (Å²) in [5.74, 6) is -5.84. The lowest BCUT2D eigenvalue weighted by atomic mass is 10.0. The topological polar surface area (TPSA) is 189 Å². The van der Waals surface area contributed by atoms with Gasteiger partial charge in [-0.2, -0.15) is 8.78 Å². The molecule has 13 nitrogen and oxygen atoms in total. The lowest BCUT2D eigenvalue weighted by molar-refractivity contribution is -0.121. The van der Waals surface area contributed by atoms with E-state index in [-0.39, 0.29) is 35.5 Å². The predicted molar refractivity (Wildman–Crippen MR) is 145 cm³/mol. The smallest absolute Gasteiger partial charge is 0.405 e. The van der Waals surface area contributed by atoms with Crippen molar-refractivity contribution in [2.45, 2.75) is 38.5 Å². The Labute approximate surface area is 253 Å². The highest BCUT2D eigenvalue weighted by Gasteiger charge is 2.33. The van der Waals surface area contributed by atoms with Gasteiger partial charge in [0.15, 0.2) is 29.1 Å². The van der Waals surface area contributed by atoms with Crippen LogP contribution in [0.4, 0.5) is 22.4 Å². The number of alkyl halides is 2. The third-order valence-corrected chi connectivity index (χ3v) is 6.78. The molecule has 4 N–H and O–H groups in total. The van der Waals surface area contributed by atoms with Crippen LogP contribution < -0.4 is 25.2 Å². The van der Waals surface area contributed by atoms with Crippen LogP contribution in [0.1, 0.15) is 53.7 Å². The summed E-state index contributed by atoms with van der Waals surface area (Å²) in [7, 11) is -4.21. The largest absolute Gasteiger partial charge is 0.489 e. The number of halogens is 4. The lowest BCUT2D eigenvalue weighted by Crippen LogP contribution is -2.43. The minimum atomic E-state index is -4.21. The molecule has 1 fully saturated rings. The van der Waals surface area contributed by atoms with E-state index in [2.05, 4.69) is 15.0 Å². The molecule has 2 atom stereocenters. The second-order valence-corrected chi connectivity index (χ2v) is 11.7. The van der Waals surface area contributed by atoms with Gasteiger partial charge < -0.3 is 29.7 Å². The molecule has 0 bridgehead atoms. The van der Waals surface area contributed by atoms with Crippen molar-refractivity contribution in [3.8, 4) is 23.0 Å². The normalized spacial score (nSPS) is 14.4. The number of sulfonamides is 1. The maximum atomic E-state index is 14.7. The van der Waals surface area contributed by atoms with E-state index < -0.39 is 75.3 Å². The summed E-state index contributed by atoms with van der Waals surface area (Å²) in [6, 6.07) is 3.63.